The smallest absolute Gasteiger partial charge is 0.270 e. The number of hydrogen-bond donors (Lipinski definition) is 1. The van der Waals surface area contributed by atoms with E-state index in [-0.39, 0.29) is 22.9 Å². The molecule has 0 aromatic heterocycles. The van der Waals surface area contributed by atoms with Crippen LogP contribution in [0.3, 0.4) is 0 Å². The molecule has 1 saturated heterocycles. The Bertz CT molecular complexity index is 562. The highest BCUT2D eigenvalue weighted by molar-refractivity contribution is 5.95. The summed E-state index contributed by atoms with van der Waals surface area (Å²) in [5.74, 6) is -1.19. The predicted molar refractivity (Wildman–Crippen MR) is 71.2 cm³/mol. The number of nitrogens with zero attached hydrogens (tertiary/aromatic N) is 2. The zero-order valence-corrected chi connectivity index (χ0v) is 11.4. The van der Waals surface area contributed by atoms with Gasteiger partial charge in [0, 0.05) is 37.8 Å². The van der Waals surface area contributed by atoms with E-state index in [1.807, 2.05) is 6.92 Å². The first-order valence-corrected chi connectivity index (χ1v) is 6.38. The number of nitrogens with one attached hydrogen (secondary N) is 1. The van der Waals surface area contributed by atoms with E-state index >= 15 is 0 Å². The fourth-order valence-corrected chi connectivity index (χ4v) is 2.31. The van der Waals surface area contributed by atoms with Gasteiger partial charge in [-0.3, -0.25) is 14.9 Å². The van der Waals surface area contributed by atoms with Gasteiger partial charge >= 0.3 is 0 Å². The fourth-order valence-electron chi connectivity index (χ4n) is 2.31. The van der Waals surface area contributed by atoms with Gasteiger partial charge in [0.2, 0.25) is 0 Å². The maximum atomic E-state index is 14.1. The van der Waals surface area contributed by atoms with Gasteiger partial charge in [0.25, 0.3) is 11.6 Å². The number of non-ortho nitro benzene ring substituents is 1. The number of piperazine rings is 1. The monoisotopic (exact) mass is 281 g/mol. The quantitative estimate of drug-likeness (QED) is 0.658. The van der Waals surface area contributed by atoms with Crippen LogP contribution < -0.4 is 5.32 Å². The Morgan fingerprint density at radius 2 is 2.25 bits per heavy atom. The van der Waals surface area contributed by atoms with Gasteiger partial charge in [0.05, 0.1) is 10.5 Å². The molecular weight excluding hydrogens is 265 g/mol. The van der Waals surface area contributed by atoms with Gasteiger partial charge < -0.3 is 10.2 Å². The molecule has 1 N–H and O–H groups in total. The van der Waals surface area contributed by atoms with Crippen LogP contribution in [0.1, 0.15) is 22.8 Å². The molecule has 1 aliphatic rings. The highest BCUT2D eigenvalue weighted by Crippen LogP contribution is 2.23. The summed E-state index contributed by atoms with van der Waals surface area (Å²) >= 11 is 0. The third-order valence-corrected chi connectivity index (χ3v) is 3.44. The summed E-state index contributed by atoms with van der Waals surface area (Å²) in [4.78, 5) is 24.1. The van der Waals surface area contributed by atoms with Crippen LogP contribution in [0.4, 0.5) is 10.1 Å². The molecule has 7 heteroatoms. The molecule has 0 spiro atoms. The van der Waals surface area contributed by atoms with E-state index < -0.39 is 16.6 Å². The average Bonchev–Trinajstić information content (AvgIpc) is 2.41. The van der Waals surface area contributed by atoms with Crippen molar-refractivity contribution in [3.63, 3.8) is 0 Å². The van der Waals surface area contributed by atoms with Crippen LogP contribution in [0.15, 0.2) is 12.1 Å². The second-order valence-electron chi connectivity index (χ2n) is 4.93. The number of carbonyl (C=O) groups is 1. The Labute approximate surface area is 115 Å². The Balaban J connectivity index is 2.40. The summed E-state index contributed by atoms with van der Waals surface area (Å²) in [6, 6.07) is 2.07. The Kier molecular flexibility index (Phi) is 3.99. The van der Waals surface area contributed by atoms with E-state index in [4.69, 9.17) is 0 Å². The Hall–Kier alpha value is -2.02. The highest BCUT2D eigenvalue weighted by atomic mass is 19.1. The maximum Gasteiger partial charge on any atom is 0.270 e. The number of carbonyl (C=O) groups excluding carboxylic acids is 1. The van der Waals surface area contributed by atoms with Crippen molar-refractivity contribution in [3.8, 4) is 0 Å². The zero-order valence-electron chi connectivity index (χ0n) is 11.4. The van der Waals surface area contributed by atoms with Gasteiger partial charge in [0.15, 0.2) is 0 Å². The summed E-state index contributed by atoms with van der Waals surface area (Å²) < 4.78 is 14.1. The van der Waals surface area contributed by atoms with Crippen molar-refractivity contribution in [1.29, 1.82) is 0 Å². The van der Waals surface area contributed by atoms with Crippen molar-refractivity contribution in [2.24, 2.45) is 0 Å². The molecule has 0 radical (unpaired) electrons. The number of nitro benzene ring substituents is 1. The number of halogens is 1. The molecule has 20 heavy (non-hydrogen) atoms. The number of aryl methyl sites for hydroxylation is 1. The molecule has 0 saturated carbocycles. The predicted octanol–water partition coefficient (Wildman–Crippen LogP) is 1.48. The summed E-state index contributed by atoms with van der Waals surface area (Å²) in [5, 5.41) is 14.0. The normalized spacial score (nSPS) is 18.9. The van der Waals surface area contributed by atoms with E-state index in [9.17, 15) is 19.3 Å². The van der Waals surface area contributed by atoms with Crippen LogP contribution in [0.25, 0.3) is 0 Å². The summed E-state index contributed by atoms with van der Waals surface area (Å²) in [6.07, 6.45) is 0. The second-order valence-corrected chi connectivity index (χ2v) is 4.93. The fraction of sp³-hybridized carbons (Fsp3) is 0.462. The lowest BCUT2D eigenvalue weighted by atomic mass is 10.1. The van der Waals surface area contributed by atoms with Crippen molar-refractivity contribution in [2.45, 2.75) is 19.9 Å². The molecule has 1 heterocycles. The minimum atomic E-state index is -0.689. The molecule has 1 fully saturated rings. The third-order valence-electron chi connectivity index (χ3n) is 3.44. The van der Waals surface area contributed by atoms with Gasteiger partial charge in [-0.25, -0.2) is 4.39 Å². The molecule has 108 valence electrons. The molecule has 2 rings (SSSR count). The molecule has 1 atom stereocenters. The van der Waals surface area contributed by atoms with Crippen molar-refractivity contribution >= 4 is 11.6 Å². The lowest BCUT2D eigenvalue weighted by Crippen LogP contribution is -2.52. The van der Waals surface area contributed by atoms with Gasteiger partial charge in [-0.1, -0.05) is 0 Å². The summed E-state index contributed by atoms with van der Waals surface area (Å²) in [6.45, 7) is 4.99. The van der Waals surface area contributed by atoms with Crippen molar-refractivity contribution in [3.05, 3.63) is 39.2 Å². The number of amides is 1. The van der Waals surface area contributed by atoms with Gasteiger partial charge in [-0.05, 0) is 19.4 Å². The van der Waals surface area contributed by atoms with E-state index in [0.29, 0.717) is 19.6 Å². The minimum Gasteiger partial charge on any atom is -0.333 e. The molecule has 1 aliphatic heterocycles. The molecule has 0 bridgehead atoms. The zero-order chi connectivity index (χ0) is 14.9. The topological polar surface area (TPSA) is 75.5 Å². The number of benzene rings is 1. The first-order valence-electron chi connectivity index (χ1n) is 6.38. The standard InChI is InChI=1S/C13H16FN3O3/c1-8-5-10(17(19)20)6-11(12(8)14)13(18)16-4-3-15-7-9(16)2/h5-6,9,15H,3-4,7H2,1-2H3/t9-/m1/s1. The first kappa shape index (κ1) is 14.4. The van der Waals surface area contributed by atoms with Crippen LogP contribution in [-0.2, 0) is 0 Å². The maximum absolute atomic E-state index is 14.1. The van der Waals surface area contributed by atoms with E-state index in [2.05, 4.69) is 5.32 Å². The van der Waals surface area contributed by atoms with Gasteiger partial charge in [0.1, 0.15) is 5.82 Å². The number of hydrogen-bond acceptors (Lipinski definition) is 4. The van der Waals surface area contributed by atoms with Crippen LogP contribution in [0, 0.1) is 22.9 Å². The Morgan fingerprint density at radius 3 is 2.85 bits per heavy atom. The summed E-state index contributed by atoms with van der Waals surface area (Å²) in [7, 11) is 0. The van der Waals surface area contributed by atoms with Gasteiger partial charge in [-0.2, -0.15) is 0 Å². The minimum absolute atomic E-state index is 0.0739. The number of rotatable bonds is 2. The molecule has 1 aromatic rings. The largest absolute Gasteiger partial charge is 0.333 e. The van der Waals surface area contributed by atoms with Crippen LogP contribution in [0.2, 0.25) is 0 Å². The van der Waals surface area contributed by atoms with E-state index in [1.54, 1.807) is 0 Å². The third kappa shape index (κ3) is 2.62. The first-order chi connectivity index (χ1) is 9.41. The lowest BCUT2D eigenvalue weighted by molar-refractivity contribution is -0.385. The van der Waals surface area contributed by atoms with Crippen molar-refractivity contribution in [1.82, 2.24) is 10.2 Å². The van der Waals surface area contributed by atoms with Gasteiger partial charge in [-0.15, -0.1) is 0 Å². The molecule has 1 amide bonds. The molecule has 0 aliphatic carbocycles. The van der Waals surface area contributed by atoms with Crippen molar-refractivity contribution in [2.75, 3.05) is 19.6 Å². The van der Waals surface area contributed by atoms with Crippen molar-refractivity contribution < 1.29 is 14.1 Å². The molecular formula is C13H16FN3O3. The Morgan fingerprint density at radius 1 is 1.55 bits per heavy atom. The number of nitro groups is 1. The van der Waals surface area contributed by atoms with Crippen LogP contribution in [-0.4, -0.2) is 41.4 Å². The molecule has 0 unspecified atom stereocenters. The van der Waals surface area contributed by atoms with E-state index in [1.165, 1.54) is 11.8 Å². The second kappa shape index (κ2) is 5.54. The average molecular weight is 281 g/mol. The highest BCUT2D eigenvalue weighted by Gasteiger charge is 2.28. The lowest BCUT2D eigenvalue weighted by Gasteiger charge is -2.34. The summed E-state index contributed by atoms with van der Waals surface area (Å²) in [5.41, 5.74) is -0.397. The van der Waals surface area contributed by atoms with Crippen LogP contribution >= 0.6 is 0 Å². The van der Waals surface area contributed by atoms with E-state index in [0.717, 1.165) is 12.1 Å². The SMILES string of the molecule is Cc1cc([N+](=O)[O-])cc(C(=O)N2CCNC[C@H]2C)c1F. The molecule has 6 nitrogen and oxygen atoms in total. The molecule has 1 aromatic carbocycles. The van der Waals surface area contributed by atoms with Crippen LogP contribution in [0.5, 0.6) is 0 Å².